The first-order chi connectivity index (χ1) is 13.4. The normalized spacial score (nSPS) is 11.4. The smallest absolute Gasteiger partial charge is 0.416 e. The van der Waals surface area contributed by atoms with Gasteiger partial charge in [-0.25, -0.2) is 0 Å². The second-order valence-corrected chi connectivity index (χ2v) is 5.89. The highest BCUT2D eigenvalue weighted by Gasteiger charge is 2.29. The van der Waals surface area contributed by atoms with Crippen molar-refractivity contribution in [3.05, 3.63) is 59.2 Å². The Balaban J connectivity index is 0.00000420. The first-order valence-electron chi connectivity index (χ1n) is 8.77. The molecule has 9 heteroatoms. The summed E-state index contributed by atoms with van der Waals surface area (Å²) in [5.74, 6) is 1.86. The molecule has 0 heterocycles. The molecule has 0 atom stereocenters. The highest BCUT2D eigenvalue weighted by molar-refractivity contribution is 14.0. The molecule has 2 aromatic carbocycles. The average molecular weight is 523 g/mol. The van der Waals surface area contributed by atoms with Crippen molar-refractivity contribution in [2.75, 3.05) is 20.8 Å². The summed E-state index contributed by atoms with van der Waals surface area (Å²) in [6.45, 7) is 3.30. The molecule has 0 bridgehead atoms. The summed E-state index contributed by atoms with van der Waals surface area (Å²) in [5.41, 5.74) is 1.03. The van der Waals surface area contributed by atoms with Gasteiger partial charge in [-0.1, -0.05) is 18.2 Å². The number of hydrogen-bond acceptors (Lipinski definition) is 3. The van der Waals surface area contributed by atoms with Crippen LogP contribution in [0.15, 0.2) is 47.5 Å². The maximum Gasteiger partial charge on any atom is 0.416 e. The van der Waals surface area contributed by atoms with Gasteiger partial charge in [-0.05, 0) is 42.3 Å². The van der Waals surface area contributed by atoms with E-state index in [0.29, 0.717) is 37.2 Å². The van der Waals surface area contributed by atoms with E-state index in [1.165, 1.54) is 12.1 Å². The van der Waals surface area contributed by atoms with Crippen molar-refractivity contribution in [2.45, 2.75) is 26.2 Å². The van der Waals surface area contributed by atoms with Gasteiger partial charge in [0, 0.05) is 20.1 Å². The van der Waals surface area contributed by atoms with Crippen LogP contribution >= 0.6 is 24.0 Å². The number of halogens is 4. The zero-order valence-corrected chi connectivity index (χ0v) is 18.8. The van der Waals surface area contributed by atoms with Gasteiger partial charge in [0.15, 0.2) is 17.5 Å². The topological polar surface area (TPSA) is 54.9 Å². The molecule has 2 N–H and O–H groups in total. The van der Waals surface area contributed by atoms with Crippen molar-refractivity contribution in [3.8, 4) is 11.5 Å². The number of benzene rings is 2. The predicted molar refractivity (Wildman–Crippen MR) is 118 cm³/mol. The lowest BCUT2D eigenvalue weighted by Crippen LogP contribution is -2.36. The van der Waals surface area contributed by atoms with Crippen LogP contribution in [0.1, 0.15) is 23.6 Å². The molecule has 2 aromatic rings. The monoisotopic (exact) mass is 523 g/mol. The lowest BCUT2D eigenvalue weighted by Gasteiger charge is -2.14. The minimum absolute atomic E-state index is 0. The van der Waals surface area contributed by atoms with E-state index < -0.39 is 11.7 Å². The number of hydrogen-bond donors (Lipinski definition) is 2. The molecule has 0 amide bonds. The molecule has 0 fully saturated rings. The van der Waals surface area contributed by atoms with Crippen LogP contribution in [0.25, 0.3) is 0 Å². The van der Waals surface area contributed by atoms with E-state index in [-0.39, 0.29) is 24.0 Å². The van der Waals surface area contributed by atoms with Crippen LogP contribution in [0.4, 0.5) is 13.2 Å². The summed E-state index contributed by atoms with van der Waals surface area (Å²) >= 11 is 0. The van der Waals surface area contributed by atoms with Gasteiger partial charge in [0.25, 0.3) is 0 Å². The van der Waals surface area contributed by atoms with Crippen molar-refractivity contribution in [1.82, 2.24) is 10.6 Å². The summed E-state index contributed by atoms with van der Waals surface area (Å²) < 4.78 is 48.7. The molecule has 0 radical (unpaired) electrons. The Hall–Kier alpha value is -2.17. The van der Waals surface area contributed by atoms with Crippen LogP contribution < -0.4 is 20.1 Å². The Bertz CT molecular complexity index is 797. The van der Waals surface area contributed by atoms with Gasteiger partial charge in [-0.3, -0.25) is 4.99 Å². The summed E-state index contributed by atoms with van der Waals surface area (Å²) in [7, 11) is 3.21. The largest absolute Gasteiger partial charge is 0.493 e. The molecule has 0 unspecified atom stereocenters. The van der Waals surface area contributed by atoms with E-state index in [1.807, 2.05) is 25.1 Å². The maximum atomic E-state index is 12.6. The zero-order valence-electron chi connectivity index (χ0n) is 16.5. The van der Waals surface area contributed by atoms with Crippen LogP contribution in [0.3, 0.4) is 0 Å². The lowest BCUT2D eigenvalue weighted by molar-refractivity contribution is -0.137. The van der Waals surface area contributed by atoms with Crippen molar-refractivity contribution >= 4 is 29.9 Å². The fourth-order valence-corrected chi connectivity index (χ4v) is 2.50. The molecule has 0 saturated heterocycles. The van der Waals surface area contributed by atoms with Gasteiger partial charge < -0.3 is 20.1 Å². The molecular formula is C20H25F3IN3O2. The predicted octanol–water partition coefficient (Wildman–Crippen LogP) is 4.60. The Morgan fingerprint density at radius 2 is 1.55 bits per heavy atom. The van der Waals surface area contributed by atoms with E-state index in [9.17, 15) is 13.2 Å². The molecule has 2 rings (SSSR count). The molecular weight excluding hydrogens is 498 g/mol. The highest BCUT2D eigenvalue weighted by atomic mass is 127. The van der Waals surface area contributed by atoms with Crippen molar-refractivity contribution in [1.29, 1.82) is 0 Å². The molecule has 0 aliphatic rings. The fourth-order valence-electron chi connectivity index (χ4n) is 2.50. The van der Waals surface area contributed by atoms with E-state index >= 15 is 0 Å². The summed E-state index contributed by atoms with van der Waals surface area (Å²) in [4.78, 5) is 4.12. The SMILES string of the molecule is CCOc1ccc(CNC(=NC)NCc2ccc(C(F)(F)F)cc2)cc1OC.I. The lowest BCUT2D eigenvalue weighted by atomic mass is 10.1. The second-order valence-electron chi connectivity index (χ2n) is 5.89. The van der Waals surface area contributed by atoms with Crippen LogP contribution in [0.2, 0.25) is 0 Å². The Morgan fingerprint density at radius 3 is 2.07 bits per heavy atom. The summed E-state index contributed by atoms with van der Waals surface area (Å²) in [6.07, 6.45) is -4.33. The van der Waals surface area contributed by atoms with Crippen molar-refractivity contribution < 1.29 is 22.6 Å². The number of aliphatic imine (C=N–C) groups is 1. The van der Waals surface area contributed by atoms with E-state index in [4.69, 9.17) is 9.47 Å². The third kappa shape index (κ3) is 7.64. The molecule has 160 valence electrons. The van der Waals surface area contributed by atoms with Gasteiger partial charge in [0.05, 0.1) is 19.3 Å². The molecule has 0 aliphatic heterocycles. The van der Waals surface area contributed by atoms with E-state index in [1.54, 1.807) is 14.2 Å². The molecule has 5 nitrogen and oxygen atoms in total. The maximum absolute atomic E-state index is 12.6. The van der Waals surface area contributed by atoms with Crippen molar-refractivity contribution in [3.63, 3.8) is 0 Å². The molecule has 0 spiro atoms. The van der Waals surface area contributed by atoms with Gasteiger partial charge in [-0.2, -0.15) is 13.2 Å². The second kappa shape index (κ2) is 11.7. The third-order valence-electron chi connectivity index (χ3n) is 3.95. The van der Waals surface area contributed by atoms with E-state index in [2.05, 4.69) is 15.6 Å². The first-order valence-corrected chi connectivity index (χ1v) is 8.77. The number of nitrogens with one attached hydrogen (secondary N) is 2. The van der Waals surface area contributed by atoms with Gasteiger partial charge >= 0.3 is 6.18 Å². The standard InChI is InChI=1S/C20H24F3N3O2.HI/c1-4-28-17-10-7-15(11-18(17)27-3)13-26-19(24-2)25-12-14-5-8-16(9-6-14)20(21,22)23;/h5-11H,4,12-13H2,1-3H3,(H2,24,25,26);1H. The molecule has 0 aromatic heterocycles. The Morgan fingerprint density at radius 1 is 0.966 bits per heavy atom. The first kappa shape index (κ1) is 24.9. The molecule has 0 saturated carbocycles. The highest BCUT2D eigenvalue weighted by Crippen LogP contribution is 2.29. The third-order valence-corrected chi connectivity index (χ3v) is 3.95. The zero-order chi connectivity index (χ0) is 20.6. The number of methoxy groups -OCH3 is 1. The number of alkyl halides is 3. The summed E-state index contributed by atoms with van der Waals surface area (Å²) in [6, 6.07) is 10.7. The molecule has 29 heavy (non-hydrogen) atoms. The minimum Gasteiger partial charge on any atom is -0.493 e. The molecule has 0 aliphatic carbocycles. The number of rotatable bonds is 7. The number of nitrogens with zero attached hydrogens (tertiary/aromatic N) is 1. The van der Waals surface area contributed by atoms with Gasteiger partial charge in [0.2, 0.25) is 0 Å². The van der Waals surface area contributed by atoms with Crippen LogP contribution in [0, 0.1) is 0 Å². The van der Waals surface area contributed by atoms with Gasteiger partial charge in [-0.15, -0.1) is 24.0 Å². The quantitative estimate of drug-likeness (QED) is 0.317. The fraction of sp³-hybridized carbons (Fsp3) is 0.350. The Kier molecular flexibility index (Phi) is 10.1. The van der Waals surface area contributed by atoms with E-state index in [0.717, 1.165) is 23.3 Å². The number of ether oxygens (including phenoxy) is 2. The summed E-state index contributed by atoms with van der Waals surface area (Å²) in [5, 5.41) is 6.23. The number of guanidine groups is 1. The Labute approximate surface area is 185 Å². The minimum atomic E-state index is -4.33. The average Bonchev–Trinajstić information content (AvgIpc) is 2.68. The van der Waals surface area contributed by atoms with Crippen LogP contribution in [0.5, 0.6) is 11.5 Å². The van der Waals surface area contributed by atoms with Crippen LogP contribution in [-0.4, -0.2) is 26.7 Å². The van der Waals surface area contributed by atoms with Crippen molar-refractivity contribution in [2.24, 2.45) is 4.99 Å². The van der Waals surface area contributed by atoms with Crippen LogP contribution in [-0.2, 0) is 19.3 Å². The van der Waals surface area contributed by atoms with Gasteiger partial charge in [0.1, 0.15) is 0 Å².